The number of carbonyl (C=O) groups is 4. The van der Waals surface area contributed by atoms with E-state index in [1.54, 1.807) is 32.4 Å². The Bertz CT molecular complexity index is 1480. The molecule has 9 atom stereocenters. The van der Waals surface area contributed by atoms with Crippen molar-refractivity contribution in [3.63, 3.8) is 0 Å². The van der Waals surface area contributed by atoms with E-state index >= 15 is 0 Å². The number of ether oxygens (including phenoxy) is 2. The van der Waals surface area contributed by atoms with Crippen LogP contribution < -0.4 is 10.6 Å². The largest absolute Gasteiger partial charge is 0.379 e. The second kappa shape index (κ2) is 21.8. The minimum Gasteiger partial charge on any atom is -0.379 e. The summed E-state index contributed by atoms with van der Waals surface area (Å²) >= 11 is 1.51. The topological polar surface area (TPSA) is 133 Å². The molecule has 55 heavy (non-hydrogen) atoms. The summed E-state index contributed by atoms with van der Waals surface area (Å²) in [5.74, 6) is -1.35. The van der Waals surface area contributed by atoms with Gasteiger partial charge in [0.2, 0.25) is 23.6 Å². The number of rotatable bonds is 21. The van der Waals surface area contributed by atoms with Gasteiger partial charge in [-0.05, 0) is 56.7 Å². The lowest BCUT2D eigenvalue weighted by Crippen LogP contribution is -2.59. The van der Waals surface area contributed by atoms with Gasteiger partial charge in [-0.2, -0.15) is 0 Å². The molecule has 2 aromatic rings. The Hall–Kier alpha value is -3.39. The average molecular weight is 785 g/mol. The lowest BCUT2D eigenvalue weighted by Gasteiger charge is -2.41. The number of aromatic nitrogens is 1. The van der Waals surface area contributed by atoms with Gasteiger partial charge in [0.15, 0.2) is 0 Å². The fourth-order valence-corrected chi connectivity index (χ4v) is 8.86. The molecule has 1 aromatic heterocycles. The summed E-state index contributed by atoms with van der Waals surface area (Å²) in [6.45, 7) is 14.3. The minimum atomic E-state index is -0.751. The van der Waals surface area contributed by atoms with Gasteiger partial charge in [0.25, 0.3) is 0 Å². The third-order valence-corrected chi connectivity index (χ3v) is 12.2. The molecule has 0 aliphatic carbocycles. The van der Waals surface area contributed by atoms with E-state index < -0.39 is 30.2 Å². The zero-order chi connectivity index (χ0) is 41.0. The van der Waals surface area contributed by atoms with Crippen molar-refractivity contribution in [2.75, 3.05) is 41.9 Å². The smallest absolute Gasteiger partial charge is 0.245 e. The van der Waals surface area contributed by atoms with Crippen molar-refractivity contribution in [3.05, 3.63) is 52.5 Å². The highest BCUT2D eigenvalue weighted by atomic mass is 32.1. The number of carbonyl (C=O) groups excluding carboxylic acids is 4. The molecule has 1 aromatic carbocycles. The summed E-state index contributed by atoms with van der Waals surface area (Å²) in [6.07, 6.45) is 3.49. The molecule has 4 amide bonds. The van der Waals surface area contributed by atoms with Crippen LogP contribution in [0.5, 0.6) is 0 Å². The summed E-state index contributed by atoms with van der Waals surface area (Å²) < 4.78 is 12.1. The number of amides is 4. The first-order valence-corrected chi connectivity index (χ1v) is 20.8. The molecular weight excluding hydrogens is 717 g/mol. The Morgan fingerprint density at radius 1 is 0.945 bits per heavy atom. The Morgan fingerprint density at radius 2 is 1.62 bits per heavy atom. The number of methoxy groups -OCH3 is 2. The molecule has 12 nitrogen and oxygen atoms in total. The van der Waals surface area contributed by atoms with Crippen LogP contribution in [0.3, 0.4) is 0 Å². The number of thiazole rings is 1. The van der Waals surface area contributed by atoms with E-state index in [2.05, 4.69) is 29.5 Å². The van der Waals surface area contributed by atoms with E-state index in [1.165, 1.54) is 11.3 Å². The monoisotopic (exact) mass is 784 g/mol. The summed E-state index contributed by atoms with van der Waals surface area (Å²) in [6, 6.07) is 7.83. The normalized spacial score (nSPS) is 19.0. The maximum absolute atomic E-state index is 14.3. The van der Waals surface area contributed by atoms with E-state index in [1.807, 2.05) is 94.2 Å². The quantitative estimate of drug-likeness (QED) is 0.177. The van der Waals surface area contributed by atoms with Crippen LogP contribution in [-0.2, 0) is 35.1 Å². The zero-order valence-corrected chi connectivity index (χ0v) is 36.1. The average Bonchev–Trinajstić information content (AvgIpc) is 3.87. The van der Waals surface area contributed by atoms with E-state index in [0.717, 1.165) is 23.4 Å². The summed E-state index contributed by atoms with van der Waals surface area (Å²) in [5, 5.41) is 9.02. The highest BCUT2D eigenvalue weighted by Gasteiger charge is 2.43. The van der Waals surface area contributed by atoms with Crippen molar-refractivity contribution in [3.8, 4) is 0 Å². The predicted molar refractivity (Wildman–Crippen MR) is 218 cm³/mol. The van der Waals surface area contributed by atoms with Crippen LogP contribution in [0.25, 0.3) is 0 Å². The fraction of sp³-hybridized carbons (Fsp3) is 0.690. The summed E-state index contributed by atoms with van der Waals surface area (Å²) in [7, 11) is 8.66. The van der Waals surface area contributed by atoms with Crippen LogP contribution in [0.2, 0.25) is 0 Å². The van der Waals surface area contributed by atoms with E-state index in [4.69, 9.17) is 9.47 Å². The van der Waals surface area contributed by atoms with Crippen molar-refractivity contribution in [1.29, 1.82) is 0 Å². The van der Waals surface area contributed by atoms with E-state index in [0.29, 0.717) is 19.4 Å². The molecule has 0 bridgehead atoms. The number of hydrogen-bond donors (Lipinski definition) is 2. The van der Waals surface area contributed by atoms with Crippen LogP contribution in [0, 0.1) is 23.7 Å². The molecule has 3 rings (SSSR count). The minimum absolute atomic E-state index is 0.00751. The number of nitrogens with one attached hydrogen (secondary N) is 2. The van der Waals surface area contributed by atoms with E-state index in [-0.39, 0.29) is 65.9 Å². The highest BCUT2D eigenvalue weighted by molar-refractivity contribution is 7.09. The Balaban J connectivity index is 1.79. The molecule has 1 aliphatic rings. The zero-order valence-electron chi connectivity index (χ0n) is 35.3. The number of likely N-dealkylation sites (tertiary alicyclic amines) is 1. The second-order valence-electron chi connectivity index (χ2n) is 16.1. The molecular formula is C42H68N6O6S. The molecule has 1 saturated heterocycles. The van der Waals surface area contributed by atoms with Crippen LogP contribution in [0.1, 0.15) is 90.8 Å². The predicted octanol–water partition coefficient (Wildman–Crippen LogP) is 5.19. The molecule has 1 aliphatic heterocycles. The molecule has 0 unspecified atom stereocenters. The Kier molecular flexibility index (Phi) is 18.2. The van der Waals surface area contributed by atoms with Crippen molar-refractivity contribution in [1.82, 2.24) is 30.3 Å². The van der Waals surface area contributed by atoms with Crippen LogP contribution in [0.4, 0.5) is 0 Å². The number of hydrogen-bond acceptors (Lipinski definition) is 9. The van der Waals surface area contributed by atoms with Gasteiger partial charge in [0.05, 0.1) is 48.7 Å². The van der Waals surface area contributed by atoms with Crippen molar-refractivity contribution in [2.45, 2.75) is 123 Å². The number of likely N-dealkylation sites (N-methyl/N-ethyl adjacent to an activating group) is 2. The van der Waals surface area contributed by atoms with E-state index in [9.17, 15) is 19.2 Å². The first-order chi connectivity index (χ1) is 26.1. The summed E-state index contributed by atoms with van der Waals surface area (Å²) in [5.41, 5.74) is 1.09. The Labute approximate surface area is 334 Å². The molecule has 13 heteroatoms. The lowest BCUT2D eigenvalue weighted by atomic mass is 9.89. The van der Waals surface area contributed by atoms with Gasteiger partial charge in [-0.15, -0.1) is 11.3 Å². The van der Waals surface area contributed by atoms with Gasteiger partial charge in [-0.3, -0.25) is 24.1 Å². The Morgan fingerprint density at radius 3 is 2.15 bits per heavy atom. The second-order valence-corrected chi connectivity index (χ2v) is 17.0. The first-order valence-electron chi connectivity index (χ1n) is 19.9. The molecule has 0 radical (unpaired) electrons. The molecule has 2 heterocycles. The lowest BCUT2D eigenvalue weighted by molar-refractivity contribution is -0.148. The standard InChI is InChI=1S/C42H68N6O6S/c1-13-28(6)37(47(10)42(52)35(26(2)3)45-40(51)36(27(4)5)46(8)9)33(53-11)25-34(49)48-22-17-20-32(48)38(54-12)29(7)39(50)44-31(41-43-21-23-55-41)24-30-18-15-14-16-19-30/h14-16,18-19,21,23,26-29,31-33,35-38H,13,17,20,22,24-25H2,1-12H3,(H,44,50)(H,45,51)/t28-,29+,31+,32+,33+,35+,36-,37+,38-/m1/s1. The van der Waals surface area contributed by atoms with Crippen LogP contribution in [-0.4, -0.2) is 122 Å². The number of nitrogens with zero attached hydrogens (tertiary/aromatic N) is 4. The molecule has 308 valence electrons. The third-order valence-electron chi connectivity index (χ3n) is 11.3. The van der Waals surface area contributed by atoms with Crippen molar-refractivity contribution in [2.24, 2.45) is 23.7 Å². The van der Waals surface area contributed by atoms with Gasteiger partial charge < -0.3 is 29.9 Å². The highest BCUT2D eigenvalue weighted by Crippen LogP contribution is 2.30. The van der Waals surface area contributed by atoms with Gasteiger partial charge >= 0.3 is 0 Å². The maximum atomic E-state index is 14.3. The van der Waals surface area contributed by atoms with Gasteiger partial charge in [0.1, 0.15) is 11.0 Å². The van der Waals surface area contributed by atoms with Crippen molar-refractivity contribution < 1.29 is 28.7 Å². The van der Waals surface area contributed by atoms with Gasteiger partial charge in [0, 0.05) is 39.4 Å². The SMILES string of the molecule is CC[C@@H](C)[C@@H]([C@H](CC(=O)N1CCC[C@H]1[C@H](OC)[C@H](C)C(=O)N[C@@H](Cc1ccccc1)c1nccs1)OC)N(C)C(=O)[C@@H](NC(=O)[C@@H](C(C)C)N(C)C)C(C)C. The molecule has 1 fully saturated rings. The van der Waals surface area contributed by atoms with Gasteiger partial charge in [-0.1, -0.05) is 85.2 Å². The summed E-state index contributed by atoms with van der Waals surface area (Å²) in [4.78, 5) is 65.8. The third kappa shape index (κ3) is 12.1. The van der Waals surface area contributed by atoms with Crippen LogP contribution in [0.15, 0.2) is 41.9 Å². The molecule has 0 spiro atoms. The first kappa shape index (κ1) is 46.0. The molecule has 2 N–H and O–H groups in total. The molecule has 0 saturated carbocycles. The maximum Gasteiger partial charge on any atom is 0.245 e. The van der Waals surface area contributed by atoms with Gasteiger partial charge in [-0.25, -0.2) is 4.98 Å². The number of benzene rings is 1. The van der Waals surface area contributed by atoms with Crippen LogP contribution >= 0.6 is 11.3 Å². The van der Waals surface area contributed by atoms with Crippen molar-refractivity contribution >= 4 is 35.0 Å². The fourth-order valence-electron chi connectivity index (χ4n) is 8.17.